The van der Waals surface area contributed by atoms with Crippen LogP contribution in [-0.4, -0.2) is 30.1 Å². The number of rotatable bonds is 4. The lowest BCUT2D eigenvalue weighted by Gasteiger charge is -2.08. The second kappa shape index (κ2) is 6.88. The smallest absolute Gasteiger partial charge is 0.328 e. The lowest BCUT2D eigenvalue weighted by Crippen LogP contribution is -2.33. The quantitative estimate of drug-likeness (QED) is 0.718. The Morgan fingerprint density at radius 3 is 2.60 bits per heavy atom. The molecule has 3 amide bonds. The van der Waals surface area contributed by atoms with E-state index < -0.39 is 23.7 Å². The number of carboxylic acid groups (broad SMARTS) is 1. The van der Waals surface area contributed by atoms with Gasteiger partial charge in [-0.05, 0) is 12.1 Å². The largest absolute Gasteiger partial charge is 0.497 e. The minimum atomic E-state index is -1.33. The molecule has 0 aliphatic rings. The Morgan fingerprint density at radius 1 is 1.30 bits per heavy atom. The molecule has 1 aromatic carbocycles. The standard InChI is InChI=1S/C12H11FN2O5/c1-20-7-2-3-8(13)9(6-7)14-12(19)15-10(16)4-5-11(17)18/h2-6H,1H3,(H,17,18)(H2,14,15,16,19)/b5-4+. The van der Waals surface area contributed by atoms with Crippen molar-refractivity contribution in [3.8, 4) is 5.75 Å². The molecule has 8 heteroatoms. The van der Waals surface area contributed by atoms with E-state index >= 15 is 0 Å². The molecule has 3 N–H and O–H groups in total. The lowest BCUT2D eigenvalue weighted by molar-refractivity contribution is -0.131. The van der Waals surface area contributed by atoms with Gasteiger partial charge in [0.25, 0.3) is 5.91 Å². The van der Waals surface area contributed by atoms with Crippen LogP contribution in [-0.2, 0) is 9.59 Å². The zero-order chi connectivity index (χ0) is 15.1. The van der Waals surface area contributed by atoms with Gasteiger partial charge in [-0.1, -0.05) is 0 Å². The van der Waals surface area contributed by atoms with Gasteiger partial charge in [-0.25, -0.2) is 14.0 Å². The zero-order valence-corrected chi connectivity index (χ0v) is 10.3. The van der Waals surface area contributed by atoms with Gasteiger partial charge >= 0.3 is 12.0 Å². The summed E-state index contributed by atoms with van der Waals surface area (Å²) in [6, 6.07) is 2.67. The molecular weight excluding hydrogens is 271 g/mol. The summed E-state index contributed by atoms with van der Waals surface area (Å²) in [5.41, 5.74) is -0.183. The molecular formula is C12H11FN2O5. The van der Waals surface area contributed by atoms with Crippen LogP contribution >= 0.6 is 0 Å². The first kappa shape index (κ1) is 15.2. The van der Waals surface area contributed by atoms with Crippen LogP contribution in [0.15, 0.2) is 30.4 Å². The molecule has 1 aromatic rings. The molecule has 0 aliphatic heterocycles. The number of carboxylic acids is 1. The number of halogens is 1. The van der Waals surface area contributed by atoms with E-state index in [0.29, 0.717) is 17.9 Å². The van der Waals surface area contributed by atoms with Crippen molar-refractivity contribution in [3.05, 3.63) is 36.2 Å². The third kappa shape index (κ3) is 4.77. The zero-order valence-electron chi connectivity index (χ0n) is 10.3. The topological polar surface area (TPSA) is 105 Å². The van der Waals surface area contributed by atoms with Crippen LogP contribution in [0.25, 0.3) is 0 Å². The number of amides is 3. The fourth-order valence-electron chi connectivity index (χ4n) is 1.18. The van der Waals surface area contributed by atoms with Gasteiger partial charge in [0.1, 0.15) is 11.6 Å². The number of anilines is 1. The molecule has 0 radical (unpaired) electrons. The molecule has 0 heterocycles. The van der Waals surface area contributed by atoms with Crippen LogP contribution in [0.4, 0.5) is 14.9 Å². The van der Waals surface area contributed by atoms with Crippen LogP contribution in [0.1, 0.15) is 0 Å². The Kier molecular flexibility index (Phi) is 5.21. The fraction of sp³-hybridized carbons (Fsp3) is 0.0833. The first-order valence-electron chi connectivity index (χ1n) is 5.29. The van der Waals surface area contributed by atoms with Crippen LogP contribution in [0.3, 0.4) is 0 Å². The van der Waals surface area contributed by atoms with Gasteiger partial charge in [-0.2, -0.15) is 0 Å². The average molecular weight is 282 g/mol. The van der Waals surface area contributed by atoms with Gasteiger partial charge in [0, 0.05) is 18.2 Å². The number of imide groups is 1. The molecule has 20 heavy (non-hydrogen) atoms. The van der Waals surface area contributed by atoms with Gasteiger partial charge in [0.15, 0.2) is 0 Å². The molecule has 7 nitrogen and oxygen atoms in total. The third-order valence-electron chi connectivity index (χ3n) is 2.04. The minimum Gasteiger partial charge on any atom is -0.497 e. The SMILES string of the molecule is COc1ccc(F)c(NC(=O)NC(=O)/C=C/C(=O)O)c1. The highest BCUT2D eigenvalue weighted by Crippen LogP contribution is 2.20. The summed E-state index contributed by atoms with van der Waals surface area (Å²) >= 11 is 0. The van der Waals surface area contributed by atoms with Crippen molar-refractivity contribution in [3.63, 3.8) is 0 Å². The number of nitrogens with one attached hydrogen (secondary N) is 2. The maximum Gasteiger partial charge on any atom is 0.328 e. The highest BCUT2D eigenvalue weighted by atomic mass is 19.1. The molecule has 0 saturated heterocycles. The normalized spacial score (nSPS) is 10.1. The predicted molar refractivity (Wildman–Crippen MR) is 66.9 cm³/mol. The monoisotopic (exact) mass is 282 g/mol. The van der Waals surface area contributed by atoms with Crippen molar-refractivity contribution >= 4 is 23.6 Å². The van der Waals surface area contributed by atoms with E-state index in [4.69, 9.17) is 9.84 Å². The first-order valence-corrected chi connectivity index (χ1v) is 5.29. The number of methoxy groups -OCH3 is 1. The molecule has 0 atom stereocenters. The van der Waals surface area contributed by atoms with Gasteiger partial charge in [-0.3, -0.25) is 10.1 Å². The molecule has 106 valence electrons. The lowest BCUT2D eigenvalue weighted by atomic mass is 10.3. The summed E-state index contributed by atoms with van der Waals surface area (Å²) in [6.07, 6.45) is 1.22. The molecule has 0 bridgehead atoms. The van der Waals surface area contributed by atoms with Crippen LogP contribution in [0.5, 0.6) is 5.75 Å². The van der Waals surface area contributed by atoms with Crippen molar-refractivity contribution in [2.45, 2.75) is 0 Å². The highest BCUT2D eigenvalue weighted by Gasteiger charge is 2.10. The number of carbonyl (C=O) groups is 3. The number of ether oxygens (including phenoxy) is 1. The van der Waals surface area contributed by atoms with Gasteiger partial charge in [0.2, 0.25) is 0 Å². The Balaban J connectivity index is 2.67. The van der Waals surface area contributed by atoms with Crippen molar-refractivity contribution in [1.29, 1.82) is 0 Å². The van der Waals surface area contributed by atoms with E-state index in [9.17, 15) is 18.8 Å². The molecule has 0 spiro atoms. The maximum atomic E-state index is 13.4. The Labute approximate surface area is 113 Å². The Morgan fingerprint density at radius 2 is 2.00 bits per heavy atom. The Bertz CT molecular complexity index is 571. The number of hydrogen-bond acceptors (Lipinski definition) is 4. The van der Waals surface area contributed by atoms with Gasteiger partial charge in [-0.15, -0.1) is 0 Å². The van der Waals surface area contributed by atoms with Gasteiger partial charge < -0.3 is 15.2 Å². The third-order valence-corrected chi connectivity index (χ3v) is 2.04. The van der Waals surface area contributed by atoms with E-state index in [1.165, 1.54) is 19.2 Å². The molecule has 0 unspecified atom stereocenters. The fourth-order valence-corrected chi connectivity index (χ4v) is 1.18. The van der Waals surface area contributed by atoms with E-state index in [0.717, 1.165) is 6.07 Å². The van der Waals surface area contributed by atoms with Crippen molar-refractivity contribution in [1.82, 2.24) is 5.32 Å². The summed E-state index contributed by atoms with van der Waals surface area (Å²) in [4.78, 5) is 32.7. The molecule has 0 fully saturated rings. The Hall–Kier alpha value is -2.90. The van der Waals surface area contributed by atoms with Crippen LogP contribution in [0, 0.1) is 5.82 Å². The number of hydrogen-bond donors (Lipinski definition) is 3. The van der Waals surface area contributed by atoms with E-state index in [2.05, 4.69) is 5.32 Å². The number of benzene rings is 1. The number of carbonyl (C=O) groups excluding carboxylic acids is 2. The molecule has 0 aliphatic carbocycles. The van der Waals surface area contributed by atoms with E-state index in [-0.39, 0.29) is 5.69 Å². The summed E-state index contributed by atoms with van der Waals surface area (Å²) in [7, 11) is 1.37. The summed E-state index contributed by atoms with van der Waals surface area (Å²) in [6.45, 7) is 0. The summed E-state index contributed by atoms with van der Waals surface area (Å²) < 4.78 is 18.2. The first-order chi connectivity index (χ1) is 9.42. The predicted octanol–water partition coefficient (Wildman–Crippen LogP) is 1.12. The van der Waals surface area contributed by atoms with Crippen LogP contribution < -0.4 is 15.4 Å². The second-order valence-corrected chi connectivity index (χ2v) is 3.46. The van der Waals surface area contributed by atoms with Gasteiger partial charge in [0.05, 0.1) is 12.8 Å². The minimum absolute atomic E-state index is 0.183. The van der Waals surface area contributed by atoms with E-state index in [1.807, 2.05) is 0 Å². The highest BCUT2D eigenvalue weighted by molar-refractivity contribution is 6.06. The average Bonchev–Trinajstić information content (AvgIpc) is 2.39. The second-order valence-electron chi connectivity index (χ2n) is 3.46. The number of aliphatic carboxylic acids is 1. The van der Waals surface area contributed by atoms with E-state index in [1.54, 1.807) is 5.32 Å². The van der Waals surface area contributed by atoms with Crippen molar-refractivity contribution < 1.29 is 28.6 Å². The maximum absolute atomic E-state index is 13.4. The molecule has 0 saturated carbocycles. The van der Waals surface area contributed by atoms with Crippen LogP contribution in [0.2, 0.25) is 0 Å². The molecule has 1 rings (SSSR count). The molecule has 0 aromatic heterocycles. The van der Waals surface area contributed by atoms with Crippen molar-refractivity contribution in [2.75, 3.05) is 12.4 Å². The van der Waals surface area contributed by atoms with Crippen molar-refractivity contribution in [2.24, 2.45) is 0 Å². The number of urea groups is 1. The summed E-state index contributed by atoms with van der Waals surface area (Å²) in [5.74, 6) is -2.68. The summed E-state index contributed by atoms with van der Waals surface area (Å²) in [5, 5.41) is 12.2.